The molecule has 0 aromatic heterocycles. The highest BCUT2D eigenvalue weighted by atomic mass is 32.2. The molecule has 2 N–H and O–H groups in total. The fourth-order valence-corrected chi connectivity index (χ4v) is 3.21. The van der Waals surface area contributed by atoms with Gasteiger partial charge in [0.15, 0.2) is 5.78 Å². The van der Waals surface area contributed by atoms with Crippen LogP contribution in [0.2, 0.25) is 0 Å². The van der Waals surface area contributed by atoms with Gasteiger partial charge < -0.3 is 5.32 Å². The van der Waals surface area contributed by atoms with Crippen molar-refractivity contribution in [3.63, 3.8) is 0 Å². The zero-order valence-electron chi connectivity index (χ0n) is 13.2. The van der Waals surface area contributed by atoms with Crippen LogP contribution < -0.4 is 10.0 Å². The summed E-state index contributed by atoms with van der Waals surface area (Å²) in [6.45, 7) is 3.35. The normalized spacial score (nSPS) is 11.0. The van der Waals surface area contributed by atoms with E-state index in [9.17, 15) is 13.2 Å². The summed E-state index contributed by atoms with van der Waals surface area (Å²) in [6.07, 6.45) is 0.575. The number of anilines is 3. The number of Topliss-reactive ketones (excluding diaryl/α,β-unsaturated/α-hetero) is 1. The zero-order chi connectivity index (χ0) is 16.9. The lowest BCUT2D eigenvalue weighted by atomic mass is 10.1. The first-order valence-corrected chi connectivity index (χ1v) is 9.03. The predicted octanol–water partition coefficient (Wildman–Crippen LogP) is 3.78. The number of carbonyl (C=O) groups excluding carboxylic acids is 1. The first-order chi connectivity index (χ1) is 10.9. The van der Waals surface area contributed by atoms with Crippen LogP contribution in [0.1, 0.15) is 30.6 Å². The SMILES string of the molecule is CCCS(=O)(=O)Nc1ccc(Nc2ccc(C(C)=O)cc2)cc1. The van der Waals surface area contributed by atoms with Crippen molar-refractivity contribution in [3.05, 3.63) is 54.1 Å². The molecule has 2 rings (SSSR count). The molecule has 23 heavy (non-hydrogen) atoms. The molecule has 2 aromatic rings. The van der Waals surface area contributed by atoms with E-state index in [1.807, 2.05) is 19.1 Å². The van der Waals surface area contributed by atoms with Crippen molar-refractivity contribution in [1.82, 2.24) is 0 Å². The molecule has 0 aliphatic heterocycles. The third-order valence-electron chi connectivity index (χ3n) is 3.21. The number of rotatable bonds is 7. The molecule has 0 fully saturated rings. The van der Waals surface area contributed by atoms with Crippen molar-refractivity contribution in [1.29, 1.82) is 0 Å². The topological polar surface area (TPSA) is 75.3 Å². The maximum atomic E-state index is 11.7. The van der Waals surface area contributed by atoms with Crippen LogP contribution in [0.25, 0.3) is 0 Å². The number of carbonyl (C=O) groups is 1. The van der Waals surface area contributed by atoms with E-state index < -0.39 is 10.0 Å². The second-order valence-corrected chi connectivity index (χ2v) is 7.10. The van der Waals surface area contributed by atoms with Crippen molar-refractivity contribution >= 4 is 32.9 Å². The predicted molar refractivity (Wildman–Crippen MR) is 93.9 cm³/mol. The standard InChI is InChI=1S/C17H20N2O3S/c1-3-12-23(21,22)19-17-10-8-16(9-11-17)18-15-6-4-14(5-7-15)13(2)20/h4-11,18-19H,3,12H2,1-2H3. The summed E-state index contributed by atoms with van der Waals surface area (Å²) in [5.74, 6) is 0.135. The number of hydrogen-bond acceptors (Lipinski definition) is 4. The van der Waals surface area contributed by atoms with Crippen LogP contribution >= 0.6 is 0 Å². The van der Waals surface area contributed by atoms with Gasteiger partial charge in [0.25, 0.3) is 0 Å². The molecule has 2 aromatic carbocycles. The third-order valence-corrected chi connectivity index (χ3v) is 4.70. The number of sulfonamides is 1. The van der Waals surface area contributed by atoms with Crippen LogP contribution in [0, 0.1) is 0 Å². The number of nitrogens with one attached hydrogen (secondary N) is 2. The van der Waals surface area contributed by atoms with Crippen LogP contribution in [0.4, 0.5) is 17.1 Å². The van der Waals surface area contributed by atoms with Crippen molar-refractivity contribution < 1.29 is 13.2 Å². The molecule has 122 valence electrons. The smallest absolute Gasteiger partial charge is 0.232 e. The number of ketones is 1. The zero-order valence-corrected chi connectivity index (χ0v) is 14.0. The van der Waals surface area contributed by atoms with Gasteiger partial charge in [0.05, 0.1) is 5.75 Å². The highest BCUT2D eigenvalue weighted by Crippen LogP contribution is 2.20. The Morgan fingerprint density at radius 3 is 1.87 bits per heavy atom. The molecule has 0 radical (unpaired) electrons. The van der Waals surface area contributed by atoms with Crippen LogP contribution in [-0.4, -0.2) is 20.0 Å². The van der Waals surface area contributed by atoms with E-state index in [0.717, 1.165) is 11.4 Å². The molecule has 0 unspecified atom stereocenters. The van der Waals surface area contributed by atoms with Crippen molar-refractivity contribution in [2.24, 2.45) is 0 Å². The van der Waals surface area contributed by atoms with E-state index in [4.69, 9.17) is 0 Å². The van der Waals surface area contributed by atoms with E-state index in [1.54, 1.807) is 36.4 Å². The molecule has 0 atom stereocenters. The lowest BCUT2D eigenvalue weighted by Gasteiger charge is -2.10. The highest BCUT2D eigenvalue weighted by molar-refractivity contribution is 7.92. The summed E-state index contributed by atoms with van der Waals surface area (Å²) in [5, 5.41) is 3.20. The maximum absolute atomic E-state index is 11.7. The van der Waals surface area contributed by atoms with E-state index >= 15 is 0 Å². The molecular weight excluding hydrogens is 312 g/mol. The molecule has 0 saturated carbocycles. The van der Waals surface area contributed by atoms with Gasteiger partial charge in [-0.3, -0.25) is 9.52 Å². The van der Waals surface area contributed by atoms with Gasteiger partial charge in [-0.05, 0) is 61.9 Å². The van der Waals surface area contributed by atoms with Crippen molar-refractivity contribution in [3.8, 4) is 0 Å². The van der Waals surface area contributed by atoms with Gasteiger partial charge in [0, 0.05) is 22.6 Å². The van der Waals surface area contributed by atoms with Gasteiger partial charge in [-0.25, -0.2) is 8.42 Å². The Labute approximate surface area is 136 Å². The molecule has 6 heteroatoms. The Hall–Kier alpha value is -2.34. The van der Waals surface area contributed by atoms with Crippen molar-refractivity contribution in [2.45, 2.75) is 20.3 Å². The summed E-state index contributed by atoms with van der Waals surface area (Å²) < 4.78 is 26.0. The molecule has 0 aliphatic carbocycles. The van der Waals surface area contributed by atoms with Crippen LogP contribution in [-0.2, 0) is 10.0 Å². The first kappa shape index (κ1) is 17.0. The van der Waals surface area contributed by atoms with E-state index in [1.165, 1.54) is 6.92 Å². The third kappa shape index (κ3) is 5.10. The Balaban J connectivity index is 2.03. The number of benzene rings is 2. The largest absolute Gasteiger partial charge is 0.356 e. The summed E-state index contributed by atoms with van der Waals surface area (Å²) in [6, 6.07) is 14.2. The Kier molecular flexibility index (Phi) is 5.39. The van der Waals surface area contributed by atoms with Crippen LogP contribution in [0.15, 0.2) is 48.5 Å². The molecule has 0 bridgehead atoms. The fourth-order valence-electron chi connectivity index (χ4n) is 2.08. The maximum Gasteiger partial charge on any atom is 0.232 e. The van der Waals surface area contributed by atoms with E-state index in [-0.39, 0.29) is 11.5 Å². The summed E-state index contributed by atoms with van der Waals surface area (Å²) >= 11 is 0. The Morgan fingerprint density at radius 1 is 0.913 bits per heavy atom. The van der Waals surface area contributed by atoms with E-state index in [0.29, 0.717) is 17.7 Å². The summed E-state index contributed by atoms with van der Waals surface area (Å²) in [5.41, 5.74) is 2.89. The molecule has 5 nitrogen and oxygen atoms in total. The van der Waals surface area contributed by atoms with Crippen LogP contribution in [0.3, 0.4) is 0 Å². The monoisotopic (exact) mass is 332 g/mol. The van der Waals surface area contributed by atoms with Gasteiger partial charge in [-0.1, -0.05) is 6.92 Å². The van der Waals surface area contributed by atoms with Crippen LogP contribution in [0.5, 0.6) is 0 Å². The second-order valence-electron chi connectivity index (χ2n) is 5.26. The van der Waals surface area contributed by atoms with Gasteiger partial charge in [0.2, 0.25) is 10.0 Å². The molecule has 0 spiro atoms. The minimum absolute atomic E-state index is 0.0280. The molecular formula is C17H20N2O3S. The first-order valence-electron chi connectivity index (χ1n) is 7.38. The average molecular weight is 332 g/mol. The summed E-state index contributed by atoms with van der Waals surface area (Å²) in [4.78, 5) is 11.2. The second kappa shape index (κ2) is 7.28. The van der Waals surface area contributed by atoms with Crippen molar-refractivity contribution in [2.75, 3.05) is 15.8 Å². The Morgan fingerprint density at radius 2 is 1.39 bits per heavy atom. The van der Waals surface area contributed by atoms with Gasteiger partial charge in [-0.2, -0.15) is 0 Å². The molecule has 0 aliphatic rings. The minimum atomic E-state index is -3.27. The van der Waals surface area contributed by atoms with Gasteiger partial charge >= 0.3 is 0 Å². The minimum Gasteiger partial charge on any atom is -0.356 e. The van der Waals surface area contributed by atoms with Gasteiger partial charge in [-0.15, -0.1) is 0 Å². The quantitative estimate of drug-likeness (QED) is 0.757. The molecule has 0 heterocycles. The number of hydrogen-bond donors (Lipinski definition) is 2. The summed E-state index contributed by atoms with van der Waals surface area (Å²) in [7, 11) is -3.27. The highest BCUT2D eigenvalue weighted by Gasteiger charge is 2.08. The molecule has 0 saturated heterocycles. The lowest BCUT2D eigenvalue weighted by Crippen LogP contribution is -2.15. The van der Waals surface area contributed by atoms with E-state index in [2.05, 4.69) is 10.0 Å². The molecule has 0 amide bonds. The van der Waals surface area contributed by atoms with Gasteiger partial charge in [0.1, 0.15) is 0 Å². The fraction of sp³-hybridized carbons (Fsp3) is 0.235. The lowest BCUT2D eigenvalue weighted by molar-refractivity contribution is 0.101. The Bertz CT molecular complexity index is 766. The average Bonchev–Trinajstić information content (AvgIpc) is 2.49.